The Morgan fingerprint density at radius 3 is 2.34 bits per heavy atom. The van der Waals surface area contributed by atoms with E-state index in [4.69, 9.17) is 10.2 Å². The van der Waals surface area contributed by atoms with Crippen LogP contribution in [0.3, 0.4) is 0 Å². The molecule has 1 aliphatic heterocycles. The molecular weight excluding hydrogens is 386 g/mol. The first kappa shape index (κ1) is 21.1. The summed E-state index contributed by atoms with van der Waals surface area (Å²) in [7, 11) is 4.41. The molecule has 0 saturated heterocycles. The van der Waals surface area contributed by atoms with Crippen molar-refractivity contribution >= 4 is 23.7 Å². The van der Waals surface area contributed by atoms with Gasteiger partial charge in [-0.05, 0) is 49.7 Å². The first-order valence-electron chi connectivity index (χ1n) is 9.43. The minimum Gasteiger partial charge on any atom is -0.478 e. The van der Waals surface area contributed by atoms with Gasteiger partial charge in [-0.1, -0.05) is 42.5 Å². The number of likely N-dealkylation sites (N-methyl/N-ethyl adjacent to an activating group) is 1. The van der Waals surface area contributed by atoms with Crippen LogP contribution in [0.15, 0.2) is 65.6 Å². The Morgan fingerprint density at radius 1 is 1.07 bits per heavy atom. The number of carbonyl (C=O) groups is 2. The van der Waals surface area contributed by atoms with Crippen LogP contribution in [0.2, 0.25) is 0 Å². The van der Waals surface area contributed by atoms with E-state index in [0.29, 0.717) is 17.4 Å². The average molecular weight is 412 g/mol. The van der Waals surface area contributed by atoms with E-state index in [9.17, 15) is 9.59 Å². The molecule has 4 rings (SSSR count). The van der Waals surface area contributed by atoms with E-state index in [1.807, 2.05) is 0 Å². The second-order valence-electron chi connectivity index (χ2n) is 7.71. The number of rotatable bonds is 4. The van der Waals surface area contributed by atoms with Gasteiger partial charge in [0.15, 0.2) is 0 Å². The molecule has 2 aliphatic rings. The standard InChI is InChI=1S/C19H21NS.C4H4O4/c1-20(2)13-19-11-14-7-3-4-8-15(14)18(12-19)21-17-10-6-5-9-16(17)19;5-3(6)1-2-4(7)8/h3-10,18H,11-13H2,1-2H3;1-2H,(H,5,6)(H,7,8). The van der Waals surface area contributed by atoms with Crippen LogP contribution in [-0.2, 0) is 21.4 Å². The molecule has 0 amide bonds. The van der Waals surface area contributed by atoms with Gasteiger partial charge < -0.3 is 15.1 Å². The van der Waals surface area contributed by atoms with Crippen LogP contribution < -0.4 is 0 Å². The van der Waals surface area contributed by atoms with Gasteiger partial charge in [-0.25, -0.2) is 9.59 Å². The molecule has 0 radical (unpaired) electrons. The van der Waals surface area contributed by atoms with Crippen molar-refractivity contribution in [1.82, 2.24) is 4.90 Å². The van der Waals surface area contributed by atoms with Crippen LogP contribution in [0.5, 0.6) is 0 Å². The van der Waals surface area contributed by atoms with E-state index in [-0.39, 0.29) is 5.41 Å². The van der Waals surface area contributed by atoms with Crippen LogP contribution in [0, 0.1) is 0 Å². The highest BCUT2D eigenvalue weighted by molar-refractivity contribution is 7.99. The third-order valence-electron chi connectivity index (χ3n) is 5.22. The molecule has 2 atom stereocenters. The summed E-state index contributed by atoms with van der Waals surface area (Å²) in [5.41, 5.74) is 4.96. The van der Waals surface area contributed by atoms with Gasteiger partial charge in [0.05, 0.1) is 0 Å². The maximum absolute atomic E-state index is 9.55. The molecule has 2 N–H and O–H groups in total. The molecule has 5 nitrogen and oxygen atoms in total. The molecule has 1 aliphatic carbocycles. The van der Waals surface area contributed by atoms with Crippen LogP contribution >= 0.6 is 11.8 Å². The quantitative estimate of drug-likeness (QED) is 0.741. The monoisotopic (exact) mass is 411 g/mol. The fourth-order valence-electron chi connectivity index (χ4n) is 4.34. The molecule has 2 bridgehead atoms. The number of nitrogens with zero attached hydrogens (tertiary/aromatic N) is 1. The number of aliphatic carboxylic acids is 2. The van der Waals surface area contributed by atoms with Crippen molar-refractivity contribution in [2.75, 3.05) is 20.6 Å². The number of hydrogen-bond acceptors (Lipinski definition) is 4. The molecule has 152 valence electrons. The average Bonchev–Trinajstić information content (AvgIpc) is 2.66. The molecule has 2 unspecified atom stereocenters. The molecule has 2 aromatic rings. The largest absolute Gasteiger partial charge is 0.478 e. The van der Waals surface area contributed by atoms with Crippen LogP contribution in [0.1, 0.15) is 28.4 Å². The van der Waals surface area contributed by atoms with E-state index in [1.165, 1.54) is 17.7 Å². The zero-order valence-corrected chi connectivity index (χ0v) is 17.4. The summed E-state index contributed by atoms with van der Waals surface area (Å²) in [6.07, 6.45) is 3.56. The summed E-state index contributed by atoms with van der Waals surface area (Å²) in [5, 5.41) is 16.2. The van der Waals surface area contributed by atoms with Gasteiger partial charge in [0.2, 0.25) is 0 Å². The Balaban J connectivity index is 0.000000258. The highest BCUT2D eigenvalue weighted by atomic mass is 32.2. The maximum Gasteiger partial charge on any atom is 0.328 e. The van der Waals surface area contributed by atoms with Gasteiger partial charge in [-0.2, -0.15) is 0 Å². The van der Waals surface area contributed by atoms with Gasteiger partial charge in [0, 0.05) is 34.3 Å². The highest BCUT2D eigenvalue weighted by Crippen LogP contribution is 2.57. The lowest BCUT2D eigenvalue weighted by atomic mass is 9.66. The molecule has 0 aromatic heterocycles. The predicted molar refractivity (Wildman–Crippen MR) is 114 cm³/mol. The number of carboxylic acid groups (broad SMARTS) is 2. The molecule has 29 heavy (non-hydrogen) atoms. The number of fused-ring (bicyclic) bond motifs is 6. The first-order valence-corrected chi connectivity index (χ1v) is 10.3. The summed E-state index contributed by atoms with van der Waals surface area (Å²) in [4.78, 5) is 23.0. The SMILES string of the molecule is CN(C)CC12Cc3ccccc3C(C1)Sc1ccccc12.O=C(O)C=CC(=O)O. The van der Waals surface area contributed by atoms with Crippen LogP contribution in [0.4, 0.5) is 0 Å². The minimum absolute atomic E-state index is 0.282. The Kier molecular flexibility index (Phi) is 6.45. The van der Waals surface area contributed by atoms with Gasteiger partial charge >= 0.3 is 11.9 Å². The van der Waals surface area contributed by atoms with Crippen molar-refractivity contribution in [1.29, 1.82) is 0 Å². The second-order valence-corrected chi connectivity index (χ2v) is 8.95. The van der Waals surface area contributed by atoms with Crippen LogP contribution in [-0.4, -0.2) is 47.7 Å². The summed E-state index contributed by atoms with van der Waals surface area (Å²) in [6.45, 7) is 1.13. The van der Waals surface area contributed by atoms with E-state index in [1.54, 1.807) is 16.7 Å². The summed E-state index contributed by atoms with van der Waals surface area (Å²) >= 11 is 2.06. The topological polar surface area (TPSA) is 77.8 Å². The van der Waals surface area contributed by atoms with Crippen LogP contribution in [0.25, 0.3) is 0 Å². The lowest BCUT2D eigenvalue weighted by molar-refractivity contribution is -0.134. The molecular formula is C23H25NO4S. The lowest BCUT2D eigenvalue weighted by Gasteiger charge is -2.48. The predicted octanol–water partition coefficient (Wildman–Crippen LogP) is 3.99. The van der Waals surface area contributed by atoms with E-state index in [0.717, 1.165) is 6.54 Å². The molecule has 0 saturated carbocycles. The molecule has 0 fully saturated rings. The number of hydrogen-bond donors (Lipinski definition) is 2. The summed E-state index contributed by atoms with van der Waals surface area (Å²) in [5.74, 6) is -2.51. The Morgan fingerprint density at radius 2 is 1.69 bits per heavy atom. The summed E-state index contributed by atoms with van der Waals surface area (Å²) < 4.78 is 0. The third-order valence-corrected chi connectivity index (χ3v) is 6.54. The Bertz CT molecular complexity index is 924. The molecule has 6 heteroatoms. The van der Waals surface area contributed by atoms with E-state index < -0.39 is 11.9 Å². The second kappa shape index (κ2) is 8.84. The highest BCUT2D eigenvalue weighted by Gasteiger charge is 2.45. The van der Waals surface area contributed by atoms with E-state index in [2.05, 4.69) is 79.3 Å². The fourth-order valence-corrected chi connectivity index (χ4v) is 5.97. The van der Waals surface area contributed by atoms with Crippen molar-refractivity contribution in [3.05, 3.63) is 77.4 Å². The zero-order valence-electron chi connectivity index (χ0n) is 16.5. The number of thioether (sulfide) groups is 1. The maximum atomic E-state index is 9.55. The Labute approximate surface area is 175 Å². The lowest BCUT2D eigenvalue weighted by Crippen LogP contribution is -2.45. The molecule has 2 aromatic carbocycles. The van der Waals surface area contributed by atoms with E-state index >= 15 is 0 Å². The normalized spacial score (nSPS) is 21.7. The van der Waals surface area contributed by atoms with Gasteiger partial charge in [-0.3, -0.25) is 0 Å². The van der Waals surface area contributed by atoms with Gasteiger partial charge in [0.25, 0.3) is 0 Å². The minimum atomic E-state index is -1.26. The Hall–Kier alpha value is -2.57. The van der Waals surface area contributed by atoms with Crippen molar-refractivity contribution in [2.24, 2.45) is 0 Å². The van der Waals surface area contributed by atoms with Gasteiger partial charge in [-0.15, -0.1) is 11.8 Å². The van der Waals surface area contributed by atoms with Crippen molar-refractivity contribution < 1.29 is 19.8 Å². The smallest absolute Gasteiger partial charge is 0.328 e. The zero-order chi connectivity index (χ0) is 21.0. The summed E-state index contributed by atoms with van der Waals surface area (Å²) in [6, 6.07) is 18.1. The van der Waals surface area contributed by atoms with Crippen molar-refractivity contribution in [3.8, 4) is 0 Å². The molecule has 1 heterocycles. The molecule has 0 spiro atoms. The number of benzene rings is 2. The van der Waals surface area contributed by atoms with Gasteiger partial charge in [0.1, 0.15) is 0 Å². The number of carboxylic acids is 2. The fraction of sp³-hybridized carbons (Fsp3) is 0.304. The van der Waals surface area contributed by atoms with Crippen molar-refractivity contribution in [2.45, 2.75) is 28.4 Å². The first-order chi connectivity index (χ1) is 13.8. The van der Waals surface area contributed by atoms with Crippen molar-refractivity contribution in [3.63, 3.8) is 0 Å². The third kappa shape index (κ3) is 4.89.